The number of nitrogens with zero attached hydrogens (tertiary/aromatic N) is 3. The molecule has 2 aliphatic rings. The summed E-state index contributed by atoms with van der Waals surface area (Å²) in [5, 5.41) is 3.11. The lowest BCUT2D eigenvalue weighted by molar-refractivity contribution is 0.0937. The van der Waals surface area contributed by atoms with E-state index in [-0.39, 0.29) is 28.2 Å². The number of aryl methyl sites for hydroxylation is 2. The fourth-order valence-electron chi connectivity index (χ4n) is 5.09. The van der Waals surface area contributed by atoms with Crippen LogP contribution in [0.4, 0.5) is 16.0 Å². The van der Waals surface area contributed by atoms with Crippen molar-refractivity contribution in [1.29, 1.82) is 0 Å². The summed E-state index contributed by atoms with van der Waals surface area (Å²) in [7, 11) is 0. The highest BCUT2D eigenvalue weighted by Crippen LogP contribution is 2.54. The van der Waals surface area contributed by atoms with E-state index in [1.54, 1.807) is 12.4 Å². The molecule has 8 heteroatoms. The predicted molar refractivity (Wildman–Crippen MR) is 131 cm³/mol. The lowest BCUT2D eigenvalue weighted by atomic mass is 9.84. The van der Waals surface area contributed by atoms with Crippen molar-refractivity contribution < 1.29 is 9.18 Å². The molecule has 3 heterocycles. The lowest BCUT2D eigenvalue weighted by Gasteiger charge is -2.20. The maximum absolute atomic E-state index is 16.0. The van der Waals surface area contributed by atoms with Crippen molar-refractivity contribution in [2.45, 2.75) is 71.6 Å². The topological polar surface area (TPSA) is 83.6 Å². The van der Waals surface area contributed by atoms with Crippen molar-refractivity contribution in [3.63, 3.8) is 0 Å². The molecule has 6 nitrogen and oxygen atoms in total. The van der Waals surface area contributed by atoms with E-state index >= 15 is 4.39 Å². The minimum absolute atomic E-state index is 0.00426. The number of carbonyl (C=O) groups is 1. The van der Waals surface area contributed by atoms with Crippen LogP contribution in [0.3, 0.4) is 0 Å². The third kappa shape index (κ3) is 3.61. The molecule has 0 saturated heterocycles. The first kappa shape index (κ1) is 23.0. The van der Waals surface area contributed by atoms with E-state index in [9.17, 15) is 4.79 Å². The number of pyridine rings is 1. The highest BCUT2D eigenvalue weighted by Gasteiger charge is 2.47. The van der Waals surface area contributed by atoms with Crippen LogP contribution in [0.2, 0.25) is 5.28 Å². The molecule has 3 aromatic heterocycles. The zero-order chi connectivity index (χ0) is 24.2. The molecule has 2 aliphatic carbocycles. The van der Waals surface area contributed by atoms with E-state index in [1.807, 2.05) is 20.8 Å². The maximum atomic E-state index is 16.0. The van der Waals surface area contributed by atoms with Crippen LogP contribution < -0.4 is 5.32 Å². The molecule has 0 unspecified atom stereocenters. The number of Topliss-reactive ketones (excluding diaryl/α,β-unsaturated/α-hetero) is 1. The Kier molecular flexibility index (Phi) is 5.71. The Morgan fingerprint density at radius 2 is 1.97 bits per heavy atom. The third-order valence-electron chi connectivity index (χ3n) is 7.38. The Hall–Kier alpha value is -2.80. The summed E-state index contributed by atoms with van der Waals surface area (Å²) in [6, 6.07) is 0. The summed E-state index contributed by atoms with van der Waals surface area (Å²) < 4.78 is 16.0. The molecule has 3 aromatic rings. The average molecular weight is 482 g/mol. The molecule has 0 atom stereocenters. The number of ketones is 1. The number of nitrogens with one attached hydrogen (secondary N) is 2. The third-order valence-corrected chi connectivity index (χ3v) is 7.56. The number of carbonyl (C=O) groups excluding carboxylic acids is 1. The first-order valence-corrected chi connectivity index (χ1v) is 12.4. The second kappa shape index (κ2) is 8.45. The highest BCUT2D eigenvalue weighted by molar-refractivity contribution is 6.28. The van der Waals surface area contributed by atoms with Crippen molar-refractivity contribution in [3.05, 3.63) is 51.4 Å². The van der Waals surface area contributed by atoms with E-state index in [2.05, 4.69) is 32.2 Å². The number of anilines is 2. The van der Waals surface area contributed by atoms with Gasteiger partial charge in [-0.3, -0.25) is 4.79 Å². The fraction of sp³-hybridized carbons (Fsp3) is 0.462. The quantitative estimate of drug-likeness (QED) is 0.303. The van der Waals surface area contributed by atoms with Gasteiger partial charge in [0.2, 0.25) is 5.28 Å². The molecular weight excluding hydrogens is 453 g/mol. The SMILES string of the molecule is CCc1cnc(Cl)nc1Nc1ncc2c(c1F)-c1[nH]c(C3(CC)CC3)c(C(=O)C(C)C)c1CC2. The first-order valence-electron chi connectivity index (χ1n) is 12.0. The second-order valence-corrected chi connectivity index (χ2v) is 10.0. The molecule has 178 valence electrons. The van der Waals surface area contributed by atoms with E-state index in [4.69, 9.17) is 11.6 Å². The summed E-state index contributed by atoms with van der Waals surface area (Å²) in [5.74, 6) is 0.0815. The van der Waals surface area contributed by atoms with E-state index in [1.165, 1.54) is 0 Å². The van der Waals surface area contributed by atoms with Crippen molar-refractivity contribution in [1.82, 2.24) is 19.9 Å². The zero-order valence-electron chi connectivity index (χ0n) is 20.0. The number of H-pyrrole nitrogens is 1. The van der Waals surface area contributed by atoms with Crippen LogP contribution in [-0.2, 0) is 24.7 Å². The van der Waals surface area contributed by atoms with Crippen LogP contribution in [0, 0.1) is 11.7 Å². The predicted octanol–water partition coefficient (Wildman–Crippen LogP) is 6.34. The number of hydrogen-bond acceptors (Lipinski definition) is 5. The Morgan fingerprint density at radius 3 is 2.62 bits per heavy atom. The largest absolute Gasteiger partial charge is 0.357 e. The van der Waals surface area contributed by atoms with E-state index in [0.717, 1.165) is 52.9 Å². The Balaban J connectivity index is 1.65. The molecule has 0 amide bonds. The summed E-state index contributed by atoms with van der Waals surface area (Å²) in [6.45, 7) is 7.99. The first-order chi connectivity index (χ1) is 16.3. The molecule has 5 rings (SSSR count). The highest BCUT2D eigenvalue weighted by atomic mass is 35.5. The molecule has 0 spiro atoms. The van der Waals surface area contributed by atoms with Gasteiger partial charge in [0.15, 0.2) is 17.4 Å². The summed E-state index contributed by atoms with van der Waals surface area (Å²) >= 11 is 5.99. The van der Waals surface area contributed by atoms with Gasteiger partial charge in [0, 0.05) is 46.1 Å². The van der Waals surface area contributed by atoms with E-state index in [0.29, 0.717) is 30.6 Å². The minimum Gasteiger partial charge on any atom is -0.357 e. The van der Waals surface area contributed by atoms with Gasteiger partial charge in [-0.1, -0.05) is 27.7 Å². The number of fused-ring (bicyclic) bond motifs is 3. The second-order valence-electron chi connectivity index (χ2n) is 9.69. The van der Waals surface area contributed by atoms with Crippen LogP contribution in [0.1, 0.15) is 79.7 Å². The van der Waals surface area contributed by atoms with Crippen LogP contribution in [0.25, 0.3) is 11.3 Å². The Labute approximate surface area is 203 Å². The van der Waals surface area contributed by atoms with Crippen molar-refractivity contribution in [2.24, 2.45) is 5.92 Å². The molecule has 2 N–H and O–H groups in total. The van der Waals surface area contributed by atoms with Gasteiger partial charge in [-0.25, -0.2) is 19.3 Å². The number of hydrogen-bond donors (Lipinski definition) is 2. The number of halogens is 2. The molecule has 0 radical (unpaired) electrons. The molecule has 1 fully saturated rings. The Morgan fingerprint density at radius 1 is 1.21 bits per heavy atom. The van der Waals surface area contributed by atoms with Crippen LogP contribution in [-0.4, -0.2) is 25.7 Å². The van der Waals surface area contributed by atoms with Gasteiger partial charge in [0.25, 0.3) is 0 Å². The minimum atomic E-state index is -0.451. The van der Waals surface area contributed by atoms with Gasteiger partial charge in [0.1, 0.15) is 5.82 Å². The number of rotatable bonds is 7. The summed E-state index contributed by atoms with van der Waals surface area (Å²) in [5.41, 5.74) is 5.59. The summed E-state index contributed by atoms with van der Waals surface area (Å²) in [4.78, 5) is 29.5. The average Bonchev–Trinajstić information content (AvgIpc) is 3.53. The number of aromatic nitrogens is 4. The fourth-order valence-corrected chi connectivity index (χ4v) is 5.22. The molecule has 0 aliphatic heterocycles. The normalized spacial score (nSPS) is 15.7. The van der Waals surface area contributed by atoms with Crippen molar-refractivity contribution in [2.75, 3.05) is 5.32 Å². The maximum Gasteiger partial charge on any atom is 0.224 e. The molecule has 0 bridgehead atoms. The molecule has 34 heavy (non-hydrogen) atoms. The molecular formula is C26H29ClFN5O. The van der Waals surface area contributed by atoms with Gasteiger partial charge in [0.05, 0.1) is 5.69 Å². The van der Waals surface area contributed by atoms with Gasteiger partial charge in [-0.2, -0.15) is 0 Å². The molecule has 0 aromatic carbocycles. The monoisotopic (exact) mass is 481 g/mol. The molecule has 1 saturated carbocycles. The van der Waals surface area contributed by atoms with Gasteiger partial charge >= 0.3 is 0 Å². The van der Waals surface area contributed by atoms with Crippen molar-refractivity contribution >= 4 is 29.0 Å². The van der Waals surface area contributed by atoms with Crippen molar-refractivity contribution in [3.8, 4) is 11.3 Å². The standard InChI is InChI=1S/C26H29ClFN5O/c1-5-14-11-30-25(27)33-23(14)32-24-19(28)17-15(12-29-24)7-8-16-18(21(34)13(3)4)22(31-20(16)17)26(6-2)9-10-26/h11-13,31H,5-10H2,1-4H3,(H,29,30,32,33). The van der Waals surface area contributed by atoms with E-state index < -0.39 is 5.82 Å². The van der Waals surface area contributed by atoms with Crippen LogP contribution >= 0.6 is 11.6 Å². The summed E-state index contributed by atoms with van der Waals surface area (Å²) in [6.07, 6.45) is 8.40. The smallest absolute Gasteiger partial charge is 0.224 e. The number of aromatic amines is 1. The van der Waals surface area contributed by atoms with Gasteiger partial charge in [-0.15, -0.1) is 0 Å². The lowest BCUT2D eigenvalue weighted by Crippen LogP contribution is -2.17. The van der Waals surface area contributed by atoms with Crippen LogP contribution in [0.5, 0.6) is 0 Å². The van der Waals surface area contributed by atoms with Crippen LogP contribution in [0.15, 0.2) is 12.4 Å². The van der Waals surface area contributed by atoms with Gasteiger partial charge < -0.3 is 10.3 Å². The van der Waals surface area contributed by atoms with Gasteiger partial charge in [-0.05, 0) is 61.3 Å². The zero-order valence-corrected chi connectivity index (χ0v) is 20.7. The Bertz CT molecular complexity index is 1290.